The molecule has 3 amide bonds. The molecule has 0 saturated heterocycles. The molecule has 0 bridgehead atoms. The highest BCUT2D eigenvalue weighted by Crippen LogP contribution is 2.16. The van der Waals surface area contributed by atoms with Crippen molar-refractivity contribution in [1.29, 1.82) is 0 Å². The van der Waals surface area contributed by atoms with E-state index in [0.29, 0.717) is 23.4 Å². The van der Waals surface area contributed by atoms with Gasteiger partial charge in [0.2, 0.25) is 11.8 Å². The van der Waals surface area contributed by atoms with Crippen LogP contribution in [0.2, 0.25) is 0 Å². The molecule has 2 aromatic carbocycles. The van der Waals surface area contributed by atoms with Crippen LogP contribution in [0.25, 0.3) is 0 Å². The summed E-state index contributed by atoms with van der Waals surface area (Å²) < 4.78 is 0. The molecule has 0 radical (unpaired) electrons. The van der Waals surface area contributed by atoms with Crippen LogP contribution in [0.4, 0.5) is 17.1 Å². The van der Waals surface area contributed by atoms with E-state index in [1.54, 1.807) is 55.5 Å². The van der Waals surface area contributed by atoms with Gasteiger partial charge in [-0.25, -0.2) is 0 Å². The van der Waals surface area contributed by atoms with Crippen molar-refractivity contribution < 1.29 is 14.4 Å². The van der Waals surface area contributed by atoms with Crippen LogP contribution in [0.5, 0.6) is 0 Å². The number of carbonyl (C=O) groups excluding carboxylic acids is 3. The SMILES string of the molecule is CCC(=O)Nc1cccc(NC(=O)CNc2ccc(C(=O)NC(C)(C)C)cc2)c1. The van der Waals surface area contributed by atoms with Crippen molar-refractivity contribution in [2.75, 3.05) is 22.5 Å². The average molecular weight is 396 g/mol. The van der Waals surface area contributed by atoms with Gasteiger partial charge in [0.1, 0.15) is 0 Å². The largest absolute Gasteiger partial charge is 0.376 e. The summed E-state index contributed by atoms with van der Waals surface area (Å²) in [7, 11) is 0. The number of carbonyl (C=O) groups is 3. The molecule has 4 N–H and O–H groups in total. The van der Waals surface area contributed by atoms with Crippen molar-refractivity contribution in [2.24, 2.45) is 0 Å². The van der Waals surface area contributed by atoms with Crippen LogP contribution in [0.1, 0.15) is 44.5 Å². The first kappa shape index (κ1) is 21.9. The molecule has 0 saturated carbocycles. The minimum atomic E-state index is -0.303. The Bertz CT molecular complexity index is 870. The van der Waals surface area contributed by atoms with E-state index in [1.807, 2.05) is 20.8 Å². The fraction of sp³-hybridized carbons (Fsp3) is 0.318. The summed E-state index contributed by atoms with van der Waals surface area (Å²) in [6.07, 6.45) is 0.386. The zero-order chi connectivity index (χ0) is 21.4. The Kier molecular flexibility index (Phi) is 7.36. The molecule has 0 heterocycles. The van der Waals surface area contributed by atoms with Gasteiger partial charge in [0, 0.05) is 34.6 Å². The third-order valence-corrected chi connectivity index (χ3v) is 3.84. The Hall–Kier alpha value is -3.35. The van der Waals surface area contributed by atoms with Gasteiger partial charge >= 0.3 is 0 Å². The predicted molar refractivity (Wildman–Crippen MR) is 116 cm³/mol. The molecular formula is C22H28N4O3. The van der Waals surface area contributed by atoms with E-state index in [0.717, 1.165) is 5.69 Å². The van der Waals surface area contributed by atoms with Gasteiger partial charge in [-0.05, 0) is 63.2 Å². The maximum atomic E-state index is 12.2. The number of anilines is 3. The number of hydrogen-bond donors (Lipinski definition) is 4. The van der Waals surface area contributed by atoms with E-state index < -0.39 is 0 Å². The third-order valence-electron chi connectivity index (χ3n) is 3.84. The van der Waals surface area contributed by atoms with Gasteiger partial charge in [0.05, 0.1) is 6.54 Å². The molecule has 0 spiro atoms. The summed E-state index contributed by atoms with van der Waals surface area (Å²) >= 11 is 0. The lowest BCUT2D eigenvalue weighted by Crippen LogP contribution is -2.40. The van der Waals surface area contributed by atoms with Gasteiger partial charge in [0.15, 0.2) is 0 Å². The zero-order valence-electron chi connectivity index (χ0n) is 17.3. The molecule has 2 aromatic rings. The smallest absolute Gasteiger partial charge is 0.251 e. The van der Waals surface area contributed by atoms with E-state index >= 15 is 0 Å². The summed E-state index contributed by atoms with van der Waals surface area (Å²) in [6, 6.07) is 13.9. The Labute approximate surface area is 171 Å². The number of rotatable bonds is 7. The molecule has 7 heteroatoms. The fourth-order valence-electron chi connectivity index (χ4n) is 2.46. The minimum absolute atomic E-state index is 0.0685. The van der Waals surface area contributed by atoms with Crippen molar-refractivity contribution >= 4 is 34.8 Å². The van der Waals surface area contributed by atoms with Crippen molar-refractivity contribution in [3.63, 3.8) is 0 Å². The van der Waals surface area contributed by atoms with Crippen LogP contribution in [0.3, 0.4) is 0 Å². The molecule has 0 unspecified atom stereocenters. The molecule has 154 valence electrons. The van der Waals surface area contributed by atoms with Crippen LogP contribution >= 0.6 is 0 Å². The lowest BCUT2D eigenvalue weighted by molar-refractivity contribution is -0.116. The highest BCUT2D eigenvalue weighted by Gasteiger charge is 2.15. The molecule has 0 aromatic heterocycles. The minimum Gasteiger partial charge on any atom is -0.376 e. The van der Waals surface area contributed by atoms with E-state index in [1.165, 1.54) is 0 Å². The lowest BCUT2D eigenvalue weighted by Gasteiger charge is -2.20. The monoisotopic (exact) mass is 396 g/mol. The molecule has 0 fully saturated rings. The Balaban J connectivity index is 1.87. The van der Waals surface area contributed by atoms with E-state index in [4.69, 9.17) is 0 Å². The first-order valence-electron chi connectivity index (χ1n) is 9.52. The quantitative estimate of drug-likeness (QED) is 0.574. The highest BCUT2D eigenvalue weighted by atomic mass is 16.2. The molecular weight excluding hydrogens is 368 g/mol. The van der Waals surface area contributed by atoms with E-state index in [-0.39, 0.29) is 29.8 Å². The van der Waals surface area contributed by atoms with E-state index in [2.05, 4.69) is 21.3 Å². The average Bonchev–Trinajstić information content (AvgIpc) is 2.65. The van der Waals surface area contributed by atoms with Crippen molar-refractivity contribution in [1.82, 2.24) is 5.32 Å². The summed E-state index contributed by atoms with van der Waals surface area (Å²) in [5.41, 5.74) is 2.21. The van der Waals surface area contributed by atoms with Gasteiger partial charge in [-0.3, -0.25) is 14.4 Å². The Morgan fingerprint density at radius 2 is 1.41 bits per heavy atom. The van der Waals surface area contributed by atoms with Gasteiger partial charge in [-0.2, -0.15) is 0 Å². The van der Waals surface area contributed by atoms with E-state index in [9.17, 15) is 14.4 Å². The lowest BCUT2D eigenvalue weighted by atomic mass is 10.1. The molecule has 0 aliphatic rings. The first-order chi connectivity index (χ1) is 13.7. The summed E-state index contributed by atoms with van der Waals surface area (Å²) in [5.74, 6) is -0.454. The topological polar surface area (TPSA) is 99.3 Å². The number of hydrogen-bond acceptors (Lipinski definition) is 4. The summed E-state index contributed by atoms with van der Waals surface area (Å²) in [5, 5.41) is 11.5. The van der Waals surface area contributed by atoms with Gasteiger partial charge < -0.3 is 21.3 Å². The second-order valence-corrected chi connectivity index (χ2v) is 7.67. The molecule has 29 heavy (non-hydrogen) atoms. The van der Waals surface area contributed by atoms with Crippen LogP contribution in [0, 0.1) is 0 Å². The Morgan fingerprint density at radius 3 is 1.97 bits per heavy atom. The molecule has 2 rings (SSSR count). The number of nitrogens with one attached hydrogen (secondary N) is 4. The van der Waals surface area contributed by atoms with Crippen molar-refractivity contribution in [2.45, 2.75) is 39.7 Å². The van der Waals surface area contributed by atoms with Crippen LogP contribution in [-0.2, 0) is 9.59 Å². The van der Waals surface area contributed by atoms with Gasteiger partial charge in [0.25, 0.3) is 5.91 Å². The maximum Gasteiger partial charge on any atom is 0.251 e. The predicted octanol–water partition coefficient (Wildman–Crippen LogP) is 3.61. The first-order valence-corrected chi connectivity index (χ1v) is 9.52. The normalized spacial score (nSPS) is 10.8. The maximum absolute atomic E-state index is 12.2. The standard InChI is InChI=1S/C22H28N4O3/c1-5-19(27)24-17-7-6-8-18(13-17)25-20(28)14-23-16-11-9-15(10-12-16)21(29)26-22(2,3)4/h6-13,23H,5,14H2,1-4H3,(H,24,27)(H,25,28)(H,26,29). The number of amides is 3. The Morgan fingerprint density at radius 1 is 0.828 bits per heavy atom. The molecule has 7 nitrogen and oxygen atoms in total. The summed E-state index contributed by atoms with van der Waals surface area (Å²) in [4.78, 5) is 35.8. The number of benzene rings is 2. The second-order valence-electron chi connectivity index (χ2n) is 7.67. The van der Waals surface area contributed by atoms with Gasteiger partial charge in [-0.15, -0.1) is 0 Å². The van der Waals surface area contributed by atoms with Crippen molar-refractivity contribution in [3.8, 4) is 0 Å². The van der Waals surface area contributed by atoms with Gasteiger partial charge in [-0.1, -0.05) is 13.0 Å². The van der Waals surface area contributed by atoms with Crippen LogP contribution < -0.4 is 21.3 Å². The summed E-state index contributed by atoms with van der Waals surface area (Å²) in [6.45, 7) is 7.61. The van der Waals surface area contributed by atoms with Crippen LogP contribution in [-0.4, -0.2) is 29.8 Å². The molecule has 0 aliphatic heterocycles. The van der Waals surface area contributed by atoms with Crippen molar-refractivity contribution in [3.05, 3.63) is 54.1 Å². The third kappa shape index (κ3) is 7.65. The highest BCUT2D eigenvalue weighted by molar-refractivity contribution is 5.96. The molecule has 0 atom stereocenters. The fourth-order valence-corrected chi connectivity index (χ4v) is 2.46. The zero-order valence-corrected chi connectivity index (χ0v) is 17.3. The van der Waals surface area contributed by atoms with Crippen LogP contribution in [0.15, 0.2) is 48.5 Å². The molecule has 0 aliphatic carbocycles. The second kappa shape index (κ2) is 9.73.